The summed E-state index contributed by atoms with van der Waals surface area (Å²) in [4.78, 5) is 13.2. The lowest BCUT2D eigenvalue weighted by atomic mass is 10.6. The summed E-state index contributed by atoms with van der Waals surface area (Å²) in [5, 5.41) is 9.02. The summed E-state index contributed by atoms with van der Waals surface area (Å²) in [5.74, 6) is 2.56. The maximum Gasteiger partial charge on any atom is 0.329 e. The number of nitrogens with zero attached hydrogens (tertiary/aromatic N) is 1. The second-order valence-corrected chi connectivity index (χ2v) is 2.35. The molecule has 5 heteroatoms. The average molecular weight is 264 g/mol. The fourth-order valence-electron chi connectivity index (χ4n) is 0.648. The largest absolute Gasteiger partial charge is 0.493 e. The zero-order valence-corrected chi connectivity index (χ0v) is 7.62. The van der Waals surface area contributed by atoms with Gasteiger partial charge in [0.2, 0.25) is 5.88 Å². The molecule has 0 aliphatic rings. The lowest BCUT2D eigenvalue weighted by molar-refractivity contribution is 0.424. The van der Waals surface area contributed by atoms with E-state index in [4.69, 9.17) is 5.11 Å². The summed E-state index contributed by atoms with van der Waals surface area (Å²) in [5.41, 5.74) is -0.346. The molecule has 0 unspecified atom stereocenters. The number of aromatic hydroxyl groups is 1. The van der Waals surface area contributed by atoms with Crippen molar-refractivity contribution < 1.29 is 5.11 Å². The highest BCUT2D eigenvalue weighted by Gasteiger charge is 2.00. The Labute approximate surface area is 76.4 Å². The van der Waals surface area contributed by atoms with E-state index in [9.17, 15) is 4.79 Å². The molecule has 2 N–H and O–H groups in total. The maximum absolute atomic E-state index is 10.8. The third kappa shape index (κ3) is 1.77. The van der Waals surface area contributed by atoms with Crippen molar-refractivity contribution in [2.45, 2.75) is 6.54 Å². The van der Waals surface area contributed by atoms with Gasteiger partial charge in [0.05, 0.1) is 12.7 Å². The number of hydrogen-bond donors (Lipinski definition) is 2. The van der Waals surface area contributed by atoms with Crippen LogP contribution in [0, 0.1) is 9.85 Å². The zero-order chi connectivity index (χ0) is 8.27. The molecule has 1 heterocycles. The molecule has 0 fully saturated rings. The Kier molecular flexibility index (Phi) is 2.59. The first-order chi connectivity index (χ1) is 5.25. The van der Waals surface area contributed by atoms with Gasteiger partial charge in [-0.05, 0) is 3.93 Å². The molecule has 0 aromatic carbocycles. The van der Waals surface area contributed by atoms with Crippen LogP contribution in [0.1, 0.15) is 0 Å². The second kappa shape index (κ2) is 3.48. The van der Waals surface area contributed by atoms with Crippen LogP contribution in [0.3, 0.4) is 0 Å². The Bertz CT molecular complexity index is 355. The fraction of sp³-hybridized carbons (Fsp3) is 0.167. The first-order valence-electron chi connectivity index (χ1n) is 2.81. The minimum atomic E-state index is -0.346. The predicted molar refractivity (Wildman–Crippen MR) is 48.5 cm³/mol. The Morgan fingerprint density at radius 1 is 1.82 bits per heavy atom. The van der Waals surface area contributed by atoms with Gasteiger partial charge in [-0.25, -0.2) is 4.79 Å². The number of aromatic nitrogens is 2. The number of nitrogens with one attached hydrogen (secondary N) is 1. The minimum Gasteiger partial charge on any atom is -0.493 e. The first-order valence-corrected chi connectivity index (χ1v) is 3.89. The van der Waals surface area contributed by atoms with E-state index < -0.39 is 0 Å². The topological polar surface area (TPSA) is 58.0 Å². The van der Waals surface area contributed by atoms with Crippen molar-refractivity contribution in [1.29, 1.82) is 0 Å². The number of H-pyrrole nitrogens is 1. The van der Waals surface area contributed by atoms with E-state index in [0.717, 1.165) is 4.57 Å². The van der Waals surface area contributed by atoms with Crippen LogP contribution in [0.4, 0.5) is 0 Å². The van der Waals surface area contributed by atoms with Gasteiger partial charge in [0.25, 0.3) is 0 Å². The molecule has 0 bridgehead atoms. The Morgan fingerprint density at radius 2 is 2.55 bits per heavy atom. The molecule has 0 saturated carbocycles. The van der Waals surface area contributed by atoms with Gasteiger partial charge >= 0.3 is 5.69 Å². The average Bonchev–Trinajstić information content (AvgIpc) is 2.29. The van der Waals surface area contributed by atoms with Crippen molar-refractivity contribution in [3.8, 4) is 15.7 Å². The first kappa shape index (κ1) is 8.20. The maximum atomic E-state index is 10.8. The van der Waals surface area contributed by atoms with Gasteiger partial charge in [-0.1, -0.05) is 5.92 Å². The molecule has 58 valence electrons. The Hall–Kier alpha value is -0.900. The normalized spacial score (nSPS) is 8.82. The van der Waals surface area contributed by atoms with Gasteiger partial charge in [0.15, 0.2) is 0 Å². The van der Waals surface area contributed by atoms with Crippen molar-refractivity contribution in [2.24, 2.45) is 0 Å². The molecule has 1 rings (SSSR count). The van der Waals surface area contributed by atoms with Crippen LogP contribution in [-0.4, -0.2) is 14.7 Å². The number of rotatable bonds is 1. The number of aromatic amines is 1. The van der Waals surface area contributed by atoms with Crippen LogP contribution in [0.5, 0.6) is 5.88 Å². The summed E-state index contributed by atoms with van der Waals surface area (Å²) >= 11 is 1.87. The predicted octanol–water partition coefficient (Wildman–Crippen LogP) is 0.278. The highest BCUT2D eigenvalue weighted by molar-refractivity contribution is 14.1. The summed E-state index contributed by atoms with van der Waals surface area (Å²) in [6, 6.07) is 0. The van der Waals surface area contributed by atoms with Crippen LogP contribution in [0.15, 0.2) is 11.0 Å². The molecule has 4 nitrogen and oxygen atoms in total. The molecule has 0 spiro atoms. The summed E-state index contributed by atoms with van der Waals surface area (Å²) in [6.45, 7) is 0.219. The van der Waals surface area contributed by atoms with Gasteiger partial charge in [-0.3, -0.25) is 4.57 Å². The molecule has 1 aromatic heterocycles. The van der Waals surface area contributed by atoms with E-state index in [1.165, 1.54) is 6.20 Å². The zero-order valence-electron chi connectivity index (χ0n) is 5.47. The lowest BCUT2D eigenvalue weighted by Crippen LogP contribution is -2.15. The molecular formula is C6H5IN2O2. The van der Waals surface area contributed by atoms with E-state index in [1.807, 2.05) is 22.6 Å². The van der Waals surface area contributed by atoms with Gasteiger partial charge in [0, 0.05) is 22.6 Å². The highest BCUT2D eigenvalue weighted by atomic mass is 127. The molecule has 0 amide bonds. The molecule has 11 heavy (non-hydrogen) atoms. The Balaban J connectivity index is 2.98. The van der Waals surface area contributed by atoms with E-state index in [1.54, 1.807) is 0 Å². The third-order valence-electron chi connectivity index (χ3n) is 1.15. The van der Waals surface area contributed by atoms with Crippen molar-refractivity contribution in [3.05, 3.63) is 16.7 Å². The number of imidazole rings is 1. The molecule has 0 atom stereocenters. The highest BCUT2D eigenvalue weighted by Crippen LogP contribution is 2.00. The van der Waals surface area contributed by atoms with Crippen LogP contribution >= 0.6 is 22.6 Å². The number of hydrogen-bond acceptors (Lipinski definition) is 2. The standard InChI is InChI=1S/C6H5IN2O2/c7-2-1-3-9-5(10)4-8-6(9)11/h4,10H,3H2,(H,8,11). The number of halogens is 1. The second-order valence-electron chi connectivity index (χ2n) is 1.81. The monoisotopic (exact) mass is 264 g/mol. The Morgan fingerprint density at radius 3 is 3.00 bits per heavy atom. The van der Waals surface area contributed by atoms with Crippen molar-refractivity contribution in [1.82, 2.24) is 9.55 Å². The van der Waals surface area contributed by atoms with Crippen LogP contribution in [0.25, 0.3) is 0 Å². The SMILES string of the molecule is O=c1[nH]cc(O)n1CC#CI. The summed E-state index contributed by atoms with van der Waals surface area (Å²) in [7, 11) is 0. The van der Waals surface area contributed by atoms with Gasteiger partial charge in [-0.15, -0.1) is 0 Å². The van der Waals surface area contributed by atoms with E-state index in [2.05, 4.69) is 14.8 Å². The quantitative estimate of drug-likeness (QED) is 0.565. The molecule has 0 saturated heterocycles. The van der Waals surface area contributed by atoms with Crippen molar-refractivity contribution in [3.63, 3.8) is 0 Å². The third-order valence-corrected chi connectivity index (χ3v) is 1.53. The summed E-state index contributed by atoms with van der Waals surface area (Å²) < 4.78 is 3.74. The smallest absolute Gasteiger partial charge is 0.329 e. The molecule has 0 aliphatic carbocycles. The van der Waals surface area contributed by atoms with E-state index in [-0.39, 0.29) is 18.1 Å². The lowest BCUT2D eigenvalue weighted by Gasteiger charge is -1.92. The molecule has 0 aliphatic heterocycles. The summed E-state index contributed by atoms with van der Waals surface area (Å²) in [6.07, 6.45) is 1.23. The van der Waals surface area contributed by atoms with E-state index in [0.29, 0.717) is 0 Å². The van der Waals surface area contributed by atoms with Gasteiger partial charge in [0.1, 0.15) is 0 Å². The van der Waals surface area contributed by atoms with Crippen LogP contribution in [0.2, 0.25) is 0 Å². The fourth-order valence-corrected chi connectivity index (χ4v) is 0.818. The molecule has 1 aromatic rings. The van der Waals surface area contributed by atoms with Crippen molar-refractivity contribution >= 4 is 22.6 Å². The minimum absolute atomic E-state index is 0.0887. The molecular weight excluding hydrogens is 259 g/mol. The van der Waals surface area contributed by atoms with E-state index >= 15 is 0 Å². The van der Waals surface area contributed by atoms with Crippen LogP contribution in [-0.2, 0) is 6.54 Å². The van der Waals surface area contributed by atoms with Gasteiger partial charge in [-0.2, -0.15) is 0 Å². The van der Waals surface area contributed by atoms with Crippen LogP contribution < -0.4 is 5.69 Å². The molecule has 0 radical (unpaired) electrons. The van der Waals surface area contributed by atoms with Crippen molar-refractivity contribution in [2.75, 3.05) is 0 Å². The van der Waals surface area contributed by atoms with Gasteiger partial charge < -0.3 is 10.1 Å².